The van der Waals surface area contributed by atoms with E-state index in [0.717, 1.165) is 15.3 Å². The van der Waals surface area contributed by atoms with Gasteiger partial charge in [0.15, 0.2) is 0 Å². The number of amides is 3. The van der Waals surface area contributed by atoms with Crippen LogP contribution in [0.2, 0.25) is 0 Å². The predicted molar refractivity (Wildman–Crippen MR) is 103 cm³/mol. The van der Waals surface area contributed by atoms with Gasteiger partial charge in [0.25, 0.3) is 11.8 Å². The SMILES string of the molecule is O=C(CN1C(=O)c2ccccc2C1=O)N[C@H](c1ccccc1)c1cccs1. The number of hydrogen-bond acceptors (Lipinski definition) is 4. The number of carbonyl (C=O) groups excluding carboxylic acids is 3. The predicted octanol–water partition coefficient (Wildman–Crippen LogP) is 3.25. The van der Waals surface area contributed by atoms with Crippen LogP contribution in [0.4, 0.5) is 0 Å². The van der Waals surface area contributed by atoms with Crippen molar-refractivity contribution in [1.82, 2.24) is 10.2 Å². The molecule has 27 heavy (non-hydrogen) atoms. The Morgan fingerprint density at radius 1 is 0.889 bits per heavy atom. The van der Waals surface area contributed by atoms with Crippen molar-refractivity contribution in [2.45, 2.75) is 6.04 Å². The second-order valence-corrected chi connectivity index (χ2v) is 7.15. The van der Waals surface area contributed by atoms with Crippen LogP contribution in [0.15, 0.2) is 72.1 Å². The first-order chi connectivity index (χ1) is 13.1. The zero-order valence-corrected chi connectivity index (χ0v) is 15.1. The number of carbonyl (C=O) groups is 3. The molecule has 3 amide bonds. The fraction of sp³-hybridized carbons (Fsp3) is 0.0952. The van der Waals surface area contributed by atoms with E-state index in [1.807, 2.05) is 47.8 Å². The Balaban J connectivity index is 1.53. The smallest absolute Gasteiger partial charge is 0.262 e. The third-order valence-corrected chi connectivity index (χ3v) is 5.38. The van der Waals surface area contributed by atoms with Gasteiger partial charge < -0.3 is 5.32 Å². The van der Waals surface area contributed by atoms with E-state index >= 15 is 0 Å². The monoisotopic (exact) mass is 376 g/mol. The molecule has 4 rings (SSSR count). The van der Waals surface area contributed by atoms with E-state index in [9.17, 15) is 14.4 Å². The lowest BCUT2D eigenvalue weighted by molar-refractivity contribution is -0.121. The lowest BCUT2D eigenvalue weighted by atomic mass is 10.1. The molecule has 0 unspecified atom stereocenters. The van der Waals surface area contributed by atoms with Crippen LogP contribution in [0.5, 0.6) is 0 Å². The molecule has 1 aromatic heterocycles. The number of hydrogen-bond donors (Lipinski definition) is 1. The number of nitrogens with one attached hydrogen (secondary N) is 1. The van der Waals surface area contributed by atoms with Crippen molar-refractivity contribution in [2.24, 2.45) is 0 Å². The van der Waals surface area contributed by atoms with Gasteiger partial charge >= 0.3 is 0 Å². The molecule has 2 aromatic carbocycles. The Bertz CT molecular complexity index is 964. The van der Waals surface area contributed by atoms with Gasteiger partial charge in [-0.15, -0.1) is 11.3 Å². The summed E-state index contributed by atoms with van der Waals surface area (Å²) in [7, 11) is 0. The van der Waals surface area contributed by atoms with Crippen molar-refractivity contribution in [2.75, 3.05) is 6.54 Å². The molecule has 0 aliphatic carbocycles. The summed E-state index contributed by atoms with van der Waals surface area (Å²) in [6, 6.07) is 19.8. The summed E-state index contributed by atoms with van der Waals surface area (Å²) >= 11 is 1.54. The van der Waals surface area contributed by atoms with Gasteiger partial charge in [0.05, 0.1) is 17.2 Å². The average Bonchev–Trinajstić information content (AvgIpc) is 3.31. The molecule has 1 aliphatic heterocycles. The Hall–Kier alpha value is -3.25. The molecule has 1 N–H and O–H groups in total. The highest BCUT2D eigenvalue weighted by molar-refractivity contribution is 7.10. The van der Waals surface area contributed by atoms with Gasteiger partial charge in [-0.2, -0.15) is 0 Å². The van der Waals surface area contributed by atoms with E-state index < -0.39 is 11.8 Å². The lowest BCUT2D eigenvalue weighted by Gasteiger charge is -2.20. The summed E-state index contributed by atoms with van der Waals surface area (Å²) in [4.78, 5) is 39.6. The fourth-order valence-corrected chi connectivity index (χ4v) is 3.96. The van der Waals surface area contributed by atoms with Crippen LogP contribution in [0.25, 0.3) is 0 Å². The Labute approximate surface area is 160 Å². The molecule has 5 nitrogen and oxygen atoms in total. The minimum atomic E-state index is -0.432. The number of nitrogens with zero attached hydrogens (tertiary/aromatic N) is 1. The van der Waals surface area contributed by atoms with Crippen LogP contribution >= 0.6 is 11.3 Å². The average molecular weight is 376 g/mol. The van der Waals surface area contributed by atoms with E-state index in [4.69, 9.17) is 0 Å². The summed E-state index contributed by atoms with van der Waals surface area (Å²) in [6.45, 7) is -0.305. The Morgan fingerprint density at radius 2 is 1.52 bits per heavy atom. The van der Waals surface area contributed by atoms with E-state index in [0.29, 0.717) is 11.1 Å². The van der Waals surface area contributed by atoms with Gasteiger partial charge in [-0.1, -0.05) is 48.5 Å². The maximum Gasteiger partial charge on any atom is 0.262 e. The number of thiophene rings is 1. The van der Waals surface area contributed by atoms with Crippen molar-refractivity contribution in [3.05, 3.63) is 93.7 Å². The van der Waals surface area contributed by atoms with Gasteiger partial charge in [0, 0.05) is 4.88 Å². The van der Waals surface area contributed by atoms with Crippen LogP contribution in [0.3, 0.4) is 0 Å². The molecule has 0 saturated heterocycles. The maximum atomic E-state index is 12.7. The van der Waals surface area contributed by atoms with Crippen molar-refractivity contribution in [3.8, 4) is 0 Å². The Kier molecular flexibility index (Phi) is 4.56. The Morgan fingerprint density at radius 3 is 2.11 bits per heavy atom. The van der Waals surface area contributed by atoms with E-state index in [1.54, 1.807) is 24.3 Å². The molecule has 1 aliphatic rings. The van der Waals surface area contributed by atoms with Crippen LogP contribution in [-0.4, -0.2) is 29.2 Å². The molecule has 0 bridgehead atoms. The molecular formula is C21H16N2O3S. The summed E-state index contributed by atoms with van der Waals surface area (Å²) in [5.41, 5.74) is 1.62. The standard InChI is InChI=1S/C21H16N2O3S/c24-18(13-23-20(25)15-9-4-5-10-16(15)21(23)26)22-19(17-11-6-12-27-17)14-7-2-1-3-8-14/h1-12,19H,13H2,(H,22,24)/t19-/m1/s1. The molecule has 3 aromatic rings. The van der Waals surface area contributed by atoms with Crippen LogP contribution in [-0.2, 0) is 4.79 Å². The molecular weight excluding hydrogens is 360 g/mol. The largest absolute Gasteiger partial charge is 0.343 e. The van der Waals surface area contributed by atoms with Gasteiger partial charge in [-0.3, -0.25) is 19.3 Å². The summed E-state index contributed by atoms with van der Waals surface area (Å²) < 4.78 is 0. The van der Waals surface area contributed by atoms with Crippen molar-refractivity contribution < 1.29 is 14.4 Å². The van der Waals surface area contributed by atoms with E-state index in [1.165, 1.54) is 11.3 Å². The highest BCUT2D eigenvalue weighted by Crippen LogP contribution is 2.26. The highest BCUT2D eigenvalue weighted by Gasteiger charge is 2.36. The zero-order valence-electron chi connectivity index (χ0n) is 14.3. The molecule has 0 fully saturated rings. The number of rotatable bonds is 5. The van der Waals surface area contributed by atoms with Gasteiger partial charge in [-0.05, 0) is 29.1 Å². The molecule has 134 valence electrons. The molecule has 2 heterocycles. The van der Waals surface area contributed by atoms with Crippen LogP contribution < -0.4 is 5.32 Å². The first-order valence-electron chi connectivity index (χ1n) is 8.48. The van der Waals surface area contributed by atoms with Gasteiger partial charge in [0.1, 0.15) is 6.54 Å². The molecule has 0 saturated carbocycles. The van der Waals surface area contributed by atoms with Crippen molar-refractivity contribution in [3.63, 3.8) is 0 Å². The third-order valence-electron chi connectivity index (χ3n) is 4.45. The third kappa shape index (κ3) is 3.27. The second-order valence-electron chi connectivity index (χ2n) is 6.17. The number of imide groups is 1. The fourth-order valence-electron chi connectivity index (χ4n) is 3.15. The quantitative estimate of drug-likeness (QED) is 0.695. The summed E-state index contributed by atoms with van der Waals surface area (Å²) in [5.74, 6) is -1.25. The van der Waals surface area contributed by atoms with Crippen molar-refractivity contribution in [1.29, 1.82) is 0 Å². The topological polar surface area (TPSA) is 66.5 Å². The molecule has 0 spiro atoms. The van der Waals surface area contributed by atoms with Gasteiger partial charge in [-0.25, -0.2) is 0 Å². The first-order valence-corrected chi connectivity index (χ1v) is 9.36. The molecule has 1 atom stereocenters. The van der Waals surface area contributed by atoms with Gasteiger partial charge in [0.2, 0.25) is 5.91 Å². The minimum absolute atomic E-state index is 0.305. The van der Waals surface area contributed by atoms with Crippen molar-refractivity contribution >= 4 is 29.1 Å². The molecule has 0 radical (unpaired) electrons. The normalized spacial score (nSPS) is 14.1. The summed E-state index contributed by atoms with van der Waals surface area (Å²) in [6.07, 6.45) is 0. The molecule has 6 heteroatoms. The second kappa shape index (κ2) is 7.17. The van der Waals surface area contributed by atoms with Crippen LogP contribution in [0.1, 0.15) is 37.2 Å². The van der Waals surface area contributed by atoms with Crippen LogP contribution in [0, 0.1) is 0 Å². The maximum absolute atomic E-state index is 12.7. The number of benzene rings is 2. The highest BCUT2D eigenvalue weighted by atomic mass is 32.1. The number of fused-ring (bicyclic) bond motifs is 1. The lowest BCUT2D eigenvalue weighted by Crippen LogP contribution is -2.41. The first kappa shape index (κ1) is 17.2. The zero-order chi connectivity index (χ0) is 18.8. The minimum Gasteiger partial charge on any atom is -0.343 e. The van der Waals surface area contributed by atoms with E-state index in [-0.39, 0.29) is 18.5 Å². The van der Waals surface area contributed by atoms with E-state index in [2.05, 4.69) is 5.32 Å². The summed E-state index contributed by atoms with van der Waals surface area (Å²) in [5, 5.41) is 4.90.